The van der Waals surface area contributed by atoms with Gasteiger partial charge in [-0.1, -0.05) is 6.07 Å². The van der Waals surface area contributed by atoms with E-state index in [1.54, 1.807) is 21.9 Å². The Balaban J connectivity index is 1.07. The molecule has 3 heterocycles. The Morgan fingerprint density at radius 2 is 1.76 bits per heavy atom. The third-order valence-corrected chi connectivity index (χ3v) is 7.15. The molecule has 0 bridgehead atoms. The number of furan rings is 1. The van der Waals surface area contributed by atoms with Crippen LogP contribution in [0.3, 0.4) is 0 Å². The van der Waals surface area contributed by atoms with E-state index in [2.05, 4.69) is 0 Å². The number of esters is 1. The Morgan fingerprint density at radius 1 is 0.971 bits per heavy atom. The summed E-state index contributed by atoms with van der Waals surface area (Å²) in [5, 5.41) is 2.90. The lowest BCUT2D eigenvalue weighted by Crippen LogP contribution is -2.51. The molecule has 0 unspecified atom stereocenters. The quantitative estimate of drug-likeness (QED) is 0.501. The van der Waals surface area contributed by atoms with Gasteiger partial charge in [-0.05, 0) is 48.9 Å². The van der Waals surface area contributed by atoms with Crippen LogP contribution >= 0.6 is 11.3 Å². The molecule has 3 aromatic rings. The van der Waals surface area contributed by atoms with Crippen molar-refractivity contribution in [2.45, 2.75) is 25.7 Å². The monoisotopic (exact) mass is 482 g/mol. The van der Waals surface area contributed by atoms with Crippen molar-refractivity contribution in [3.8, 4) is 5.75 Å². The molecule has 1 aliphatic heterocycles. The molecule has 8 nitrogen and oxygen atoms in total. The fraction of sp³-hybridized carbons (Fsp3) is 0.400. The molecule has 0 N–H and O–H groups in total. The number of ether oxygens (including phenoxy) is 2. The standard InChI is InChI=1S/C25H26N2O6S/c28-23(26-9-11-27(12-10-26)25(30)22-6-3-13-34-22)15-32-24(29)16-31-17-7-8-21-19(14-17)18-4-1-2-5-20(18)33-21/h3,6-8,13-14H,1-2,4-5,9-12,15-16H2. The number of carbonyl (C=O) groups is 3. The number of hydrogen-bond donors (Lipinski definition) is 0. The average Bonchev–Trinajstić information content (AvgIpc) is 3.54. The van der Waals surface area contributed by atoms with Crippen LogP contribution in [-0.2, 0) is 27.2 Å². The summed E-state index contributed by atoms with van der Waals surface area (Å²) < 4.78 is 16.6. The number of piperazine rings is 1. The van der Waals surface area contributed by atoms with E-state index in [4.69, 9.17) is 13.9 Å². The fourth-order valence-corrected chi connectivity index (χ4v) is 5.15. The van der Waals surface area contributed by atoms with E-state index < -0.39 is 5.97 Å². The van der Waals surface area contributed by atoms with Crippen molar-refractivity contribution in [1.29, 1.82) is 0 Å². The molecule has 9 heteroatoms. The van der Waals surface area contributed by atoms with Crippen molar-refractivity contribution in [3.63, 3.8) is 0 Å². The molecule has 0 saturated carbocycles. The third kappa shape index (κ3) is 4.79. The minimum atomic E-state index is -0.603. The van der Waals surface area contributed by atoms with E-state index in [1.165, 1.54) is 16.9 Å². The van der Waals surface area contributed by atoms with Crippen molar-refractivity contribution in [3.05, 3.63) is 51.9 Å². The molecule has 1 aliphatic carbocycles. The molecule has 1 aromatic carbocycles. The molecule has 2 amide bonds. The topological polar surface area (TPSA) is 89.3 Å². The second-order valence-electron chi connectivity index (χ2n) is 8.47. The van der Waals surface area contributed by atoms with Gasteiger partial charge in [-0.2, -0.15) is 0 Å². The molecule has 0 spiro atoms. The zero-order chi connectivity index (χ0) is 23.5. The van der Waals surface area contributed by atoms with E-state index in [0.717, 1.165) is 42.4 Å². The Morgan fingerprint density at radius 3 is 2.56 bits per heavy atom. The molecule has 2 aromatic heterocycles. The summed E-state index contributed by atoms with van der Waals surface area (Å²) >= 11 is 1.41. The molecule has 34 heavy (non-hydrogen) atoms. The van der Waals surface area contributed by atoms with Crippen LogP contribution in [0.25, 0.3) is 11.0 Å². The van der Waals surface area contributed by atoms with Crippen LogP contribution in [0.15, 0.2) is 40.1 Å². The molecule has 178 valence electrons. The molecule has 0 atom stereocenters. The maximum absolute atomic E-state index is 12.4. The highest BCUT2D eigenvalue weighted by Gasteiger charge is 2.26. The number of thiophene rings is 1. The van der Waals surface area contributed by atoms with Crippen LogP contribution in [0.2, 0.25) is 0 Å². The minimum absolute atomic E-state index is 0.0141. The lowest BCUT2D eigenvalue weighted by atomic mass is 9.96. The molecule has 1 fully saturated rings. The highest BCUT2D eigenvalue weighted by atomic mass is 32.1. The first-order valence-corrected chi connectivity index (χ1v) is 12.4. The van der Waals surface area contributed by atoms with Crippen molar-refractivity contribution < 1.29 is 28.3 Å². The van der Waals surface area contributed by atoms with Crippen molar-refractivity contribution >= 4 is 40.1 Å². The van der Waals surface area contributed by atoms with Crippen LogP contribution in [0.5, 0.6) is 5.75 Å². The highest BCUT2D eigenvalue weighted by molar-refractivity contribution is 7.12. The molecular weight excluding hydrogens is 456 g/mol. The first-order chi connectivity index (χ1) is 16.6. The van der Waals surface area contributed by atoms with Crippen LogP contribution < -0.4 is 4.74 Å². The molecule has 1 saturated heterocycles. The maximum Gasteiger partial charge on any atom is 0.344 e. The van der Waals surface area contributed by atoms with Gasteiger partial charge >= 0.3 is 5.97 Å². The van der Waals surface area contributed by atoms with Gasteiger partial charge in [-0.15, -0.1) is 11.3 Å². The fourth-order valence-electron chi connectivity index (χ4n) is 4.46. The number of amides is 2. The first kappa shape index (κ1) is 22.5. The predicted molar refractivity (Wildman–Crippen MR) is 126 cm³/mol. The summed E-state index contributed by atoms with van der Waals surface area (Å²) in [6.45, 7) is 1.13. The molecule has 5 rings (SSSR count). The number of benzene rings is 1. The first-order valence-electron chi connectivity index (χ1n) is 11.5. The Hall–Kier alpha value is -3.33. The van der Waals surface area contributed by atoms with Crippen LogP contribution in [0, 0.1) is 0 Å². The molecular formula is C25H26N2O6S. The number of nitrogens with zero attached hydrogens (tertiary/aromatic N) is 2. The van der Waals surface area contributed by atoms with Gasteiger partial charge in [0.2, 0.25) is 0 Å². The second-order valence-corrected chi connectivity index (χ2v) is 9.42. The highest BCUT2D eigenvalue weighted by Crippen LogP contribution is 2.33. The van der Waals surface area contributed by atoms with Crippen LogP contribution in [0.1, 0.15) is 33.8 Å². The van der Waals surface area contributed by atoms with Gasteiger partial charge in [-0.25, -0.2) is 4.79 Å². The van der Waals surface area contributed by atoms with E-state index in [1.807, 2.05) is 23.6 Å². The summed E-state index contributed by atoms with van der Waals surface area (Å²) in [6.07, 6.45) is 4.24. The van der Waals surface area contributed by atoms with Crippen molar-refractivity contribution in [2.24, 2.45) is 0 Å². The zero-order valence-electron chi connectivity index (χ0n) is 18.8. The lowest BCUT2D eigenvalue weighted by Gasteiger charge is -2.34. The predicted octanol–water partition coefficient (Wildman–Crippen LogP) is 3.28. The van der Waals surface area contributed by atoms with Gasteiger partial charge in [0, 0.05) is 43.5 Å². The smallest absolute Gasteiger partial charge is 0.344 e. The molecule has 0 radical (unpaired) electrons. The van der Waals surface area contributed by atoms with Gasteiger partial charge in [0.1, 0.15) is 17.1 Å². The summed E-state index contributed by atoms with van der Waals surface area (Å²) in [6, 6.07) is 9.18. The van der Waals surface area contributed by atoms with E-state index >= 15 is 0 Å². The number of carbonyl (C=O) groups excluding carboxylic acids is 3. The van der Waals surface area contributed by atoms with E-state index in [-0.39, 0.29) is 25.0 Å². The van der Waals surface area contributed by atoms with Gasteiger partial charge in [-0.3, -0.25) is 9.59 Å². The van der Waals surface area contributed by atoms with Gasteiger partial charge in [0.05, 0.1) is 4.88 Å². The largest absolute Gasteiger partial charge is 0.482 e. The normalized spacial score (nSPS) is 15.8. The van der Waals surface area contributed by atoms with Crippen LogP contribution in [-0.4, -0.2) is 67.0 Å². The SMILES string of the molecule is O=C(COc1ccc2oc3c(c2c1)CCCC3)OCC(=O)N1CCN(C(=O)c2cccs2)CC1. The maximum atomic E-state index is 12.4. The van der Waals surface area contributed by atoms with E-state index in [0.29, 0.717) is 36.8 Å². The van der Waals surface area contributed by atoms with Crippen LogP contribution in [0.4, 0.5) is 0 Å². The Bertz CT molecular complexity index is 1190. The third-order valence-electron chi connectivity index (χ3n) is 6.29. The van der Waals surface area contributed by atoms with Gasteiger partial charge in [0.15, 0.2) is 13.2 Å². The second kappa shape index (κ2) is 9.89. The zero-order valence-corrected chi connectivity index (χ0v) is 19.6. The molecule has 2 aliphatic rings. The average molecular weight is 483 g/mol. The number of aryl methyl sites for hydroxylation is 2. The number of hydrogen-bond acceptors (Lipinski definition) is 7. The summed E-state index contributed by atoms with van der Waals surface area (Å²) in [5.41, 5.74) is 2.07. The van der Waals surface area contributed by atoms with E-state index in [9.17, 15) is 14.4 Å². The lowest BCUT2D eigenvalue weighted by molar-refractivity contribution is -0.154. The van der Waals surface area contributed by atoms with Crippen molar-refractivity contribution in [2.75, 3.05) is 39.4 Å². The Kier molecular flexibility index (Phi) is 6.53. The summed E-state index contributed by atoms with van der Waals surface area (Å²) in [4.78, 5) is 41.0. The number of rotatable bonds is 6. The summed E-state index contributed by atoms with van der Waals surface area (Å²) in [5.74, 6) is 0.724. The minimum Gasteiger partial charge on any atom is -0.482 e. The Labute approximate surface area is 201 Å². The van der Waals surface area contributed by atoms with Gasteiger partial charge in [0.25, 0.3) is 11.8 Å². The number of fused-ring (bicyclic) bond motifs is 3. The summed E-state index contributed by atoms with van der Waals surface area (Å²) in [7, 11) is 0. The van der Waals surface area contributed by atoms with Crippen molar-refractivity contribution in [1.82, 2.24) is 9.80 Å². The van der Waals surface area contributed by atoms with Gasteiger partial charge < -0.3 is 23.7 Å².